The largest absolute Gasteiger partial charge is 0.399 e. The number of hydrogen-bond acceptors (Lipinski definition) is 3. The summed E-state index contributed by atoms with van der Waals surface area (Å²) < 4.78 is 28.2. The molecule has 0 aliphatic carbocycles. The van der Waals surface area contributed by atoms with Crippen molar-refractivity contribution in [3.8, 4) is 0 Å². The third-order valence-electron chi connectivity index (χ3n) is 3.93. The van der Waals surface area contributed by atoms with Gasteiger partial charge >= 0.3 is 0 Å². The van der Waals surface area contributed by atoms with E-state index in [0.717, 1.165) is 24.8 Å². The average Bonchev–Trinajstić information content (AvgIpc) is 2.92. The molecule has 6 heteroatoms. The van der Waals surface area contributed by atoms with Crippen LogP contribution in [0.5, 0.6) is 0 Å². The molecule has 2 aliphatic rings. The van der Waals surface area contributed by atoms with Gasteiger partial charge < -0.3 is 5.73 Å². The summed E-state index contributed by atoms with van der Waals surface area (Å²) in [5.41, 5.74) is 8.72. The van der Waals surface area contributed by atoms with Gasteiger partial charge in [-0.05, 0) is 42.5 Å². The lowest BCUT2D eigenvalue weighted by Gasteiger charge is -2.31. The molecule has 104 valence electrons. The minimum absolute atomic E-state index is 0.444. The molecule has 0 amide bonds. The molecule has 0 atom stereocenters. The van der Waals surface area contributed by atoms with Crippen LogP contribution in [0, 0.1) is 0 Å². The zero-order valence-corrected chi connectivity index (χ0v) is 11.7. The van der Waals surface area contributed by atoms with Crippen LogP contribution >= 0.6 is 0 Å². The molecule has 2 aliphatic heterocycles. The van der Waals surface area contributed by atoms with Gasteiger partial charge in [0.1, 0.15) is 0 Å². The highest BCUT2D eigenvalue weighted by molar-refractivity contribution is 7.86. The summed E-state index contributed by atoms with van der Waals surface area (Å²) in [4.78, 5) is 0. The minimum Gasteiger partial charge on any atom is -0.399 e. The fraction of sp³-hybridized carbons (Fsp3) is 0.538. The summed E-state index contributed by atoms with van der Waals surface area (Å²) in [6, 6.07) is 5.77. The Labute approximate surface area is 114 Å². The Balaban J connectivity index is 1.85. The van der Waals surface area contributed by atoms with E-state index in [-0.39, 0.29) is 0 Å². The molecular weight excluding hydrogens is 262 g/mol. The molecule has 0 unspecified atom stereocenters. The van der Waals surface area contributed by atoms with Crippen molar-refractivity contribution in [1.82, 2.24) is 8.61 Å². The zero-order chi connectivity index (χ0) is 13.5. The van der Waals surface area contributed by atoms with Crippen LogP contribution in [-0.2, 0) is 23.2 Å². The summed E-state index contributed by atoms with van der Waals surface area (Å²) in [5.74, 6) is 0. The first kappa shape index (κ1) is 12.9. The van der Waals surface area contributed by atoms with E-state index in [1.165, 1.54) is 5.56 Å². The molecular formula is C13H19N3O2S. The molecule has 1 aromatic carbocycles. The van der Waals surface area contributed by atoms with Gasteiger partial charge in [0.25, 0.3) is 10.2 Å². The second-order valence-corrected chi connectivity index (χ2v) is 7.15. The van der Waals surface area contributed by atoms with Crippen molar-refractivity contribution in [3.05, 3.63) is 29.3 Å². The first-order valence-corrected chi connectivity index (χ1v) is 8.09. The highest BCUT2D eigenvalue weighted by atomic mass is 32.2. The molecule has 1 saturated heterocycles. The quantitative estimate of drug-likeness (QED) is 0.821. The summed E-state index contributed by atoms with van der Waals surface area (Å²) >= 11 is 0. The SMILES string of the molecule is Nc1ccc2c(c1)CN(S(=O)(=O)N1CCCC1)CC2. The number of fused-ring (bicyclic) bond motifs is 1. The standard InChI is InChI=1S/C13H19N3O2S/c14-13-4-3-11-5-8-16(10-12(11)9-13)19(17,18)15-6-1-2-7-15/h3-4,9H,1-2,5-8,10,14H2. The number of nitrogens with zero attached hydrogens (tertiary/aromatic N) is 2. The second kappa shape index (κ2) is 4.77. The number of benzene rings is 1. The van der Waals surface area contributed by atoms with Crippen LogP contribution in [-0.4, -0.2) is 36.7 Å². The van der Waals surface area contributed by atoms with Gasteiger partial charge in [0, 0.05) is 31.9 Å². The maximum Gasteiger partial charge on any atom is 0.282 e. The minimum atomic E-state index is -3.29. The van der Waals surface area contributed by atoms with Gasteiger partial charge in [-0.15, -0.1) is 0 Å². The fourth-order valence-corrected chi connectivity index (χ4v) is 4.50. The zero-order valence-electron chi connectivity index (χ0n) is 10.9. The van der Waals surface area contributed by atoms with Crippen LogP contribution in [0.15, 0.2) is 18.2 Å². The van der Waals surface area contributed by atoms with E-state index in [1.54, 1.807) is 8.61 Å². The van der Waals surface area contributed by atoms with Crippen molar-refractivity contribution in [2.75, 3.05) is 25.4 Å². The monoisotopic (exact) mass is 281 g/mol. The van der Waals surface area contributed by atoms with Crippen LogP contribution in [0.2, 0.25) is 0 Å². The van der Waals surface area contributed by atoms with E-state index in [0.29, 0.717) is 31.9 Å². The number of nitrogens with two attached hydrogens (primary N) is 1. The van der Waals surface area contributed by atoms with E-state index in [9.17, 15) is 8.42 Å². The molecule has 1 aromatic rings. The third kappa shape index (κ3) is 2.35. The maximum atomic E-state index is 12.5. The topological polar surface area (TPSA) is 66.6 Å². The number of nitrogen functional groups attached to an aromatic ring is 1. The highest BCUT2D eigenvalue weighted by Gasteiger charge is 2.33. The summed E-state index contributed by atoms with van der Waals surface area (Å²) in [6.07, 6.45) is 2.70. The number of hydrogen-bond donors (Lipinski definition) is 1. The van der Waals surface area contributed by atoms with Crippen molar-refractivity contribution < 1.29 is 8.42 Å². The van der Waals surface area contributed by atoms with Gasteiger partial charge in [0.15, 0.2) is 0 Å². The Bertz CT molecular complexity index is 580. The van der Waals surface area contributed by atoms with Gasteiger partial charge in [0.05, 0.1) is 0 Å². The smallest absolute Gasteiger partial charge is 0.282 e. The first-order valence-electron chi connectivity index (χ1n) is 6.70. The highest BCUT2D eigenvalue weighted by Crippen LogP contribution is 2.25. The van der Waals surface area contributed by atoms with E-state index in [2.05, 4.69) is 0 Å². The van der Waals surface area contributed by atoms with E-state index in [1.807, 2.05) is 18.2 Å². The van der Waals surface area contributed by atoms with Crippen LogP contribution in [0.3, 0.4) is 0 Å². The Morgan fingerprint density at radius 1 is 1.00 bits per heavy atom. The Morgan fingerprint density at radius 3 is 2.47 bits per heavy atom. The third-order valence-corrected chi connectivity index (χ3v) is 5.91. The fourth-order valence-electron chi connectivity index (χ4n) is 2.83. The molecule has 0 saturated carbocycles. The summed E-state index contributed by atoms with van der Waals surface area (Å²) in [5, 5.41) is 0. The normalized spacial score (nSPS) is 21.5. The Kier molecular flexibility index (Phi) is 3.24. The van der Waals surface area contributed by atoms with E-state index in [4.69, 9.17) is 5.73 Å². The summed E-state index contributed by atoms with van der Waals surface area (Å²) in [6.45, 7) is 2.32. The predicted molar refractivity (Wildman–Crippen MR) is 74.7 cm³/mol. The van der Waals surface area contributed by atoms with Crippen molar-refractivity contribution in [2.24, 2.45) is 0 Å². The molecule has 5 nitrogen and oxygen atoms in total. The lowest BCUT2D eigenvalue weighted by molar-refractivity contribution is 0.345. The Hall–Kier alpha value is -1.11. The van der Waals surface area contributed by atoms with Crippen LogP contribution in [0.4, 0.5) is 5.69 Å². The van der Waals surface area contributed by atoms with Gasteiger partial charge in [-0.1, -0.05) is 6.07 Å². The molecule has 0 radical (unpaired) electrons. The van der Waals surface area contributed by atoms with Crippen LogP contribution < -0.4 is 5.73 Å². The molecule has 1 fully saturated rings. The van der Waals surface area contributed by atoms with Gasteiger partial charge in [0.2, 0.25) is 0 Å². The van der Waals surface area contributed by atoms with Gasteiger partial charge in [-0.2, -0.15) is 17.0 Å². The van der Waals surface area contributed by atoms with Crippen molar-refractivity contribution in [1.29, 1.82) is 0 Å². The average molecular weight is 281 g/mol. The van der Waals surface area contributed by atoms with Crippen molar-refractivity contribution >= 4 is 15.9 Å². The molecule has 19 heavy (non-hydrogen) atoms. The van der Waals surface area contributed by atoms with E-state index < -0.39 is 10.2 Å². The van der Waals surface area contributed by atoms with E-state index >= 15 is 0 Å². The predicted octanol–water partition coefficient (Wildman–Crippen LogP) is 0.967. The second-order valence-electron chi connectivity index (χ2n) is 5.23. The molecule has 0 aromatic heterocycles. The molecule has 0 spiro atoms. The molecule has 2 heterocycles. The van der Waals surface area contributed by atoms with Crippen molar-refractivity contribution in [2.45, 2.75) is 25.8 Å². The first-order chi connectivity index (χ1) is 9.07. The lowest BCUT2D eigenvalue weighted by atomic mass is 10.0. The van der Waals surface area contributed by atoms with Gasteiger partial charge in [-0.3, -0.25) is 0 Å². The Morgan fingerprint density at radius 2 is 1.74 bits per heavy atom. The molecule has 2 N–H and O–H groups in total. The molecule has 0 bridgehead atoms. The number of rotatable bonds is 2. The molecule has 3 rings (SSSR count). The van der Waals surface area contributed by atoms with Gasteiger partial charge in [-0.25, -0.2) is 0 Å². The maximum absolute atomic E-state index is 12.5. The van der Waals surface area contributed by atoms with Crippen molar-refractivity contribution in [3.63, 3.8) is 0 Å². The lowest BCUT2D eigenvalue weighted by Crippen LogP contribution is -2.44. The van der Waals surface area contributed by atoms with Crippen LogP contribution in [0.25, 0.3) is 0 Å². The summed E-state index contributed by atoms with van der Waals surface area (Å²) in [7, 11) is -3.29. The number of anilines is 1. The van der Waals surface area contributed by atoms with Crippen LogP contribution in [0.1, 0.15) is 24.0 Å².